The number of aliphatic carboxylic acids is 1. The molecule has 0 bridgehead atoms. The summed E-state index contributed by atoms with van der Waals surface area (Å²) in [5.41, 5.74) is 23.1. The summed E-state index contributed by atoms with van der Waals surface area (Å²) in [4.78, 5) is 69.6. The van der Waals surface area contributed by atoms with Crippen LogP contribution >= 0.6 is 0 Å². The van der Waals surface area contributed by atoms with Crippen molar-refractivity contribution in [3.8, 4) is 0 Å². The van der Waals surface area contributed by atoms with Crippen molar-refractivity contribution < 1.29 is 29.1 Å². The van der Waals surface area contributed by atoms with Crippen molar-refractivity contribution >= 4 is 46.5 Å². The first-order chi connectivity index (χ1) is 19.8. The minimum Gasteiger partial charge on any atom is -0.480 e. The Morgan fingerprint density at radius 1 is 0.976 bits per heavy atom. The molecule has 0 saturated heterocycles. The third kappa shape index (κ3) is 10.1. The van der Waals surface area contributed by atoms with Crippen LogP contribution in [0.5, 0.6) is 0 Å². The molecule has 1 heterocycles. The van der Waals surface area contributed by atoms with E-state index in [1.54, 1.807) is 13.1 Å². The lowest BCUT2D eigenvalue weighted by atomic mass is 9.97. The molecular formula is C27H41N9O6. The Kier molecular flexibility index (Phi) is 12.7. The number of nitrogens with zero attached hydrogens (tertiary/aromatic N) is 1. The van der Waals surface area contributed by atoms with Crippen molar-refractivity contribution in [3.05, 3.63) is 36.0 Å². The fraction of sp³-hybridized carbons (Fsp3) is 0.481. The first-order valence-electron chi connectivity index (χ1n) is 13.6. The lowest BCUT2D eigenvalue weighted by Crippen LogP contribution is -2.59. The van der Waals surface area contributed by atoms with Crippen LogP contribution in [0, 0.1) is 5.92 Å². The second-order valence-electron chi connectivity index (χ2n) is 10.1. The number of guanidine groups is 1. The zero-order valence-electron chi connectivity index (χ0n) is 23.8. The number of nitrogens with one attached hydrogen (secondary N) is 4. The maximum absolute atomic E-state index is 13.4. The fourth-order valence-electron chi connectivity index (χ4n) is 4.30. The summed E-state index contributed by atoms with van der Waals surface area (Å²) < 4.78 is 0. The molecule has 230 valence electrons. The predicted octanol–water partition coefficient (Wildman–Crippen LogP) is -1.45. The third-order valence-electron chi connectivity index (χ3n) is 6.84. The largest absolute Gasteiger partial charge is 0.480 e. The Labute approximate surface area is 243 Å². The molecule has 0 spiro atoms. The van der Waals surface area contributed by atoms with Crippen molar-refractivity contribution in [2.75, 3.05) is 6.54 Å². The van der Waals surface area contributed by atoms with Crippen LogP contribution in [0.3, 0.4) is 0 Å². The van der Waals surface area contributed by atoms with E-state index in [2.05, 4.69) is 25.9 Å². The van der Waals surface area contributed by atoms with Gasteiger partial charge in [0.2, 0.25) is 23.6 Å². The molecule has 1 aromatic heterocycles. The molecule has 0 fully saturated rings. The van der Waals surface area contributed by atoms with Crippen LogP contribution in [-0.4, -0.2) is 76.4 Å². The van der Waals surface area contributed by atoms with Gasteiger partial charge in [-0.2, -0.15) is 0 Å². The normalized spacial score (nSPS) is 14.5. The smallest absolute Gasteiger partial charge is 0.326 e. The minimum absolute atomic E-state index is 0.0109. The SMILES string of the molecule is CCC(C)C(NC(=O)C(N)CC(N)=O)C(=O)NC(CCCN=C(N)N)C(=O)NC(Cc1c[nH]c2ccccc12)C(=O)O. The number of nitrogens with two attached hydrogens (primary N) is 4. The zero-order valence-corrected chi connectivity index (χ0v) is 23.8. The number of H-pyrrole nitrogens is 1. The van der Waals surface area contributed by atoms with E-state index in [4.69, 9.17) is 22.9 Å². The van der Waals surface area contributed by atoms with Gasteiger partial charge in [-0.3, -0.25) is 24.2 Å². The van der Waals surface area contributed by atoms with Gasteiger partial charge in [-0.15, -0.1) is 0 Å². The highest BCUT2D eigenvalue weighted by atomic mass is 16.4. The summed E-state index contributed by atoms with van der Waals surface area (Å²) in [6.45, 7) is 3.69. The Hall–Kier alpha value is -4.66. The van der Waals surface area contributed by atoms with Gasteiger partial charge in [-0.05, 0) is 30.4 Å². The molecule has 0 aliphatic heterocycles. The van der Waals surface area contributed by atoms with E-state index in [0.717, 1.165) is 10.9 Å². The number of carbonyl (C=O) groups excluding carboxylic acids is 4. The molecule has 2 rings (SSSR count). The van der Waals surface area contributed by atoms with E-state index in [9.17, 15) is 29.1 Å². The van der Waals surface area contributed by atoms with Gasteiger partial charge in [0.1, 0.15) is 18.1 Å². The number of rotatable bonds is 17. The number of aromatic amines is 1. The zero-order chi connectivity index (χ0) is 31.4. The van der Waals surface area contributed by atoms with Crippen LogP contribution in [0.4, 0.5) is 0 Å². The molecular weight excluding hydrogens is 546 g/mol. The van der Waals surface area contributed by atoms with E-state index in [1.807, 2.05) is 31.2 Å². The van der Waals surface area contributed by atoms with Crippen LogP contribution in [0.2, 0.25) is 0 Å². The van der Waals surface area contributed by atoms with Crippen molar-refractivity contribution in [3.63, 3.8) is 0 Å². The number of aromatic nitrogens is 1. The summed E-state index contributed by atoms with van der Waals surface area (Å²) in [6.07, 6.45) is 2.09. The molecule has 5 atom stereocenters. The first-order valence-corrected chi connectivity index (χ1v) is 13.6. The quantitative estimate of drug-likeness (QED) is 0.0594. The van der Waals surface area contributed by atoms with Gasteiger partial charge < -0.3 is 49.0 Å². The second kappa shape index (κ2) is 16.0. The molecule has 0 aliphatic carbocycles. The maximum Gasteiger partial charge on any atom is 0.326 e. The van der Waals surface area contributed by atoms with E-state index < -0.39 is 60.2 Å². The summed E-state index contributed by atoms with van der Waals surface area (Å²) in [5.74, 6) is -4.74. The van der Waals surface area contributed by atoms with Gasteiger partial charge in [0.15, 0.2) is 5.96 Å². The van der Waals surface area contributed by atoms with Gasteiger partial charge in [0.25, 0.3) is 0 Å². The average Bonchev–Trinajstić information content (AvgIpc) is 3.34. The number of benzene rings is 1. The summed E-state index contributed by atoms with van der Waals surface area (Å²) in [6, 6.07) is 2.51. The van der Waals surface area contributed by atoms with E-state index in [1.165, 1.54) is 0 Å². The van der Waals surface area contributed by atoms with Gasteiger partial charge in [-0.25, -0.2) is 4.79 Å². The van der Waals surface area contributed by atoms with Crippen molar-refractivity contribution in [2.24, 2.45) is 33.8 Å². The molecule has 4 amide bonds. The highest BCUT2D eigenvalue weighted by molar-refractivity contribution is 5.95. The highest BCUT2D eigenvalue weighted by Gasteiger charge is 2.32. The van der Waals surface area contributed by atoms with Crippen LogP contribution in [-0.2, 0) is 30.4 Å². The minimum atomic E-state index is -1.30. The molecule has 5 unspecified atom stereocenters. The van der Waals surface area contributed by atoms with Gasteiger partial charge in [0.05, 0.1) is 12.5 Å². The molecule has 0 aliphatic rings. The van der Waals surface area contributed by atoms with E-state index in [-0.39, 0.29) is 37.7 Å². The maximum atomic E-state index is 13.4. The molecule has 13 N–H and O–H groups in total. The summed E-state index contributed by atoms with van der Waals surface area (Å²) in [7, 11) is 0. The Bertz CT molecular complexity index is 1290. The topological polar surface area (TPSA) is 274 Å². The van der Waals surface area contributed by atoms with Crippen LogP contribution in [0.25, 0.3) is 10.9 Å². The first kappa shape index (κ1) is 33.5. The average molecular weight is 588 g/mol. The van der Waals surface area contributed by atoms with Gasteiger partial charge in [0, 0.05) is 30.1 Å². The molecule has 15 nitrogen and oxygen atoms in total. The van der Waals surface area contributed by atoms with Crippen molar-refractivity contribution in [1.82, 2.24) is 20.9 Å². The molecule has 2 aromatic rings. The molecule has 1 aromatic carbocycles. The number of carbonyl (C=O) groups is 5. The van der Waals surface area contributed by atoms with Crippen molar-refractivity contribution in [1.29, 1.82) is 0 Å². The molecule has 42 heavy (non-hydrogen) atoms. The van der Waals surface area contributed by atoms with Crippen LogP contribution in [0.15, 0.2) is 35.5 Å². The number of carboxylic acid groups (broad SMARTS) is 1. The molecule has 15 heteroatoms. The third-order valence-corrected chi connectivity index (χ3v) is 6.84. The number of hydrogen-bond donors (Lipinski definition) is 9. The number of amides is 4. The summed E-state index contributed by atoms with van der Waals surface area (Å²) in [5, 5.41) is 18.4. The Morgan fingerprint density at radius 3 is 2.26 bits per heavy atom. The number of hydrogen-bond acceptors (Lipinski definition) is 7. The number of aliphatic imine (C=N–C) groups is 1. The van der Waals surface area contributed by atoms with Crippen LogP contribution < -0.4 is 38.9 Å². The number of carboxylic acids is 1. The van der Waals surface area contributed by atoms with E-state index in [0.29, 0.717) is 12.0 Å². The number of para-hydroxylation sites is 1. The summed E-state index contributed by atoms with van der Waals surface area (Å²) >= 11 is 0. The highest BCUT2D eigenvalue weighted by Crippen LogP contribution is 2.19. The van der Waals surface area contributed by atoms with E-state index >= 15 is 0 Å². The number of primary amides is 1. The Morgan fingerprint density at radius 2 is 1.64 bits per heavy atom. The Balaban J connectivity index is 2.24. The lowest BCUT2D eigenvalue weighted by molar-refractivity contribution is -0.142. The van der Waals surface area contributed by atoms with Crippen molar-refractivity contribution in [2.45, 2.75) is 70.1 Å². The monoisotopic (exact) mass is 587 g/mol. The van der Waals surface area contributed by atoms with Gasteiger partial charge >= 0.3 is 5.97 Å². The second-order valence-corrected chi connectivity index (χ2v) is 10.1. The standard InChI is InChI=1S/C27H41N9O6/c1-3-14(2)22(36-23(38)17(28)12-21(29)37)25(40)34-19(9-6-10-32-27(30)31)24(39)35-20(26(41)42)11-15-13-33-18-8-5-4-7-16(15)18/h4-5,7-8,13-14,17,19-20,22,33H,3,6,9-12,28H2,1-2H3,(H2,29,37)(H,34,40)(H,35,39)(H,36,38)(H,41,42)(H4,30,31,32). The van der Waals surface area contributed by atoms with Gasteiger partial charge in [-0.1, -0.05) is 38.5 Å². The molecule has 0 radical (unpaired) electrons. The predicted molar refractivity (Wildman–Crippen MR) is 157 cm³/mol. The molecule has 0 saturated carbocycles. The number of fused-ring (bicyclic) bond motifs is 1. The fourth-order valence-corrected chi connectivity index (χ4v) is 4.30. The van der Waals surface area contributed by atoms with Crippen LogP contribution in [0.1, 0.15) is 45.1 Å². The lowest BCUT2D eigenvalue weighted by Gasteiger charge is -2.28.